The molecule has 2 N–H and O–H groups in total. The van der Waals surface area contributed by atoms with Gasteiger partial charge in [-0.25, -0.2) is 0 Å². The van der Waals surface area contributed by atoms with E-state index in [-0.39, 0.29) is 18.6 Å². The van der Waals surface area contributed by atoms with Crippen molar-refractivity contribution >= 4 is 27.7 Å². The van der Waals surface area contributed by atoms with Crippen LogP contribution < -0.4 is 15.2 Å². The topological polar surface area (TPSA) is 95.0 Å². The molecule has 0 radical (unpaired) electrons. The molecule has 0 atom stereocenters. The standard InChI is InChI=1S/C21H25BrN2O5/c1-27-18-11-14(7-8-16(18)28-13-20(23)25)12-24(15-5-3-2-4-6-15)21(26)17-9-10-19(22)29-17/h7-11,15H,2-6,12-13H2,1H3,(H2,23,25). The van der Waals surface area contributed by atoms with Crippen molar-refractivity contribution in [1.29, 1.82) is 0 Å². The molecule has 29 heavy (non-hydrogen) atoms. The fourth-order valence-electron chi connectivity index (χ4n) is 3.61. The van der Waals surface area contributed by atoms with Crippen LogP contribution >= 0.6 is 15.9 Å². The molecule has 8 heteroatoms. The lowest BCUT2D eigenvalue weighted by molar-refractivity contribution is -0.119. The van der Waals surface area contributed by atoms with Crippen molar-refractivity contribution < 1.29 is 23.5 Å². The minimum absolute atomic E-state index is 0.129. The predicted octanol–water partition coefficient (Wildman–Crippen LogP) is 3.89. The van der Waals surface area contributed by atoms with Crippen LogP contribution in [-0.2, 0) is 11.3 Å². The van der Waals surface area contributed by atoms with Crippen molar-refractivity contribution in [1.82, 2.24) is 4.90 Å². The van der Waals surface area contributed by atoms with Gasteiger partial charge in [0.2, 0.25) is 0 Å². The van der Waals surface area contributed by atoms with E-state index in [1.807, 2.05) is 17.0 Å². The summed E-state index contributed by atoms with van der Waals surface area (Å²) in [6, 6.07) is 8.97. The zero-order valence-electron chi connectivity index (χ0n) is 16.4. The number of hydrogen-bond donors (Lipinski definition) is 1. The molecule has 1 aromatic heterocycles. The maximum Gasteiger partial charge on any atom is 0.290 e. The second kappa shape index (κ2) is 9.82. The molecule has 7 nitrogen and oxygen atoms in total. The van der Waals surface area contributed by atoms with Crippen molar-refractivity contribution in [3.63, 3.8) is 0 Å². The van der Waals surface area contributed by atoms with E-state index in [4.69, 9.17) is 19.6 Å². The Morgan fingerprint density at radius 2 is 1.93 bits per heavy atom. The molecular weight excluding hydrogens is 440 g/mol. The zero-order valence-corrected chi connectivity index (χ0v) is 17.9. The van der Waals surface area contributed by atoms with Crippen molar-refractivity contribution in [3.8, 4) is 11.5 Å². The van der Waals surface area contributed by atoms with Crippen molar-refractivity contribution in [2.45, 2.75) is 44.7 Å². The van der Waals surface area contributed by atoms with Crippen LogP contribution in [0.15, 0.2) is 39.4 Å². The number of furan rings is 1. The van der Waals surface area contributed by atoms with Gasteiger partial charge in [0.25, 0.3) is 11.8 Å². The van der Waals surface area contributed by atoms with Crippen LogP contribution in [0.1, 0.15) is 48.2 Å². The van der Waals surface area contributed by atoms with E-state index in [1.54, 1.807) is 18.2 Å². The quantitative estimate of drug-likeness (QED) is 0.639. The second-order valence-corrected chi connectivity index (χ2v) is 7.85. The average Bonchev–Trinajstić information content (AvgIpc) is 3.17. The molecule has 1 fully saturated rings. The molecule has 1 aromatic carbocycles. The monoisotopic (exact) mass is 464 g/mol. The highest BCUT2D eigenvalue weighted by atomic mass is 79.9. The van der Waals surface area contributed by atoms with Gasteiger partial charge in [-0.2, -0.15) is 0 Å². The summed E-state index contributed by atoms with van der Waals surface area (Å²) in [5.74, 6) is 0.544. The SMILES string of the molecule is COc1cc(CN(C(=O)c2ccc(Br)o2)C2CCCCC2)ccc1OCC(N)=O. The van der Waals surface area contributed by atoms with E-state index in [9.17, 15) is 9.59 Å². The Hall–Kier alpha value is -2.48. The molecule has 2 aromatic rings. The summed E-state index contributed by atoms with van der Waals surface area (Å²) in [4.78, 5) is 26.0. The Balaban J connectivity index is 1.83. The number of methoxy groups -OCH3 is 1. The number of carbonyl (C=O) groups excluding carboxylic acids is 2. The second-order valence-electron chi connectivity index (χ2n) is 7.07. The third-order valence-electron chi connectivity index (χ3n) is 5.01. The van der Waals surface area contributed by atoms with Gasteiger partial charge >= 0.3 is 0 Å². The minimum atomic E-state index is -0.560. The van der Waals surface area contributed by atoms with Crippen LogP contribution in [0.4, 0.5) is 0 Å². The lowest BCUT2D eigenvalue weighted by Gasteiger charge is -2.34. The van der Waals surface area contributed by atoms with Crippen LogP contribution in [0.2, 0.25) is 0 Å². The van der Waals surface area contributed by atoms with Crippen molar-refractivity contribution in [2.24, 2.45) is 5.73 Å². The van der Waals surface area contributed by atoms with Crippen LogP contribution in [0.25, 0.3) is 0 Å². The molecule has 0 bridgehead atoms. The lowest BCUT2D eigenvalue weighted by atomic mass is 9.93. The van der Waals surface area contributed by atoms with E-state index in [0.717, 1.165) is 31.2 Å². The average molecular weight is 465 g/mol. The highest BCUT2D eigenvalue weighted by Crippen LogP contribution is 2.31. The summed E-state index contributed by atoms with van der Waals surface area (Å²) in [5.41, 5.74) is 6.04. The number of primary amides is 1. The maximum absolute atomic E-state index is 13.2. The fraction of sp³-hybridized carbons (Fsp3) is 0.429. The third kappa shape index (κ3) is 5.53. The highest BCUT2D eigenvalue weighted by Gasteiger charge is 2.28. The molecule has 0 aliphatic heterocycles. The molecule has 0 unspecified atom stereocenters. The van der Waals surface area contributed by atoms with Gasteiger partial charge in [-0.3, -0.25) is 9.59 Å². The van der Waals surface area contributed by atoms with E-state index in [0.29, 0.717) is 28.5 Å². The number of halogens is 1. The number of benzene rings is 1. The summed E-state index contributed by atoms with van der Waals surface area (Å²) < 4.78 is 16.8. The van der Waals surface area contributed by atoms with E-state index < -0.39 is 5.91 Å². The van der Waals surface area contributed by atoms with E-state index in [2.05, 4.69) is 15.9 Å². The number of amides is 2. The van der Waals surface area contributed by atoms with Gasteiger partial charge in [0.15, 0.2) is 28.5 Å². The van der Waals surface area contributed by atoms with Crippen molar-refractivity contribution in [2.75, 3.05) is 13.7 Å². The lowest BCUT2D eigenvalue weighted by Crippen LogP contribution is -2.40. The molecule has 1 aliphatic rings. The summed E-state index contributed by atoms with van der Waals surface area (Å²) in [6.07, 6.45) is 5.37. The number of nitrogens with two attached hydrogens (primary N) is 1. The minimum Gasteiger partial charge on any atom is -0.493 e. The first-order chi connectivity index (χ1) is 14.0. The van der Waals surface area contributed by atoms with Crippen LogP contribution in [0.5, 0.6) is 11.5 Å². The summed E-state index contributed by atoms with van der Waals surface area (Å²) in [7, 11) is 1.53. The Morgan fingerprint density at radius 1 is 1.17 bits per heavy atom. The smallest absolute Gasteiger partial charge is 0.290 e. The molecule has 0 saturated heterocycles. The van der Waals surface area contributed by atoms with Gasteiger partial charge < -0.3 is 24.5 Å². The molecule has 1 saturated carbocycles. The van der Waals surface area contributed by atoms with E-state index >= 15 is 0 Å². The fourth-order valence-corrected chi connectivity index (χ4v) is 3.91. The maximum atomic E-state index is 13.2. The number of ether oxygens (including phenoxy) is 2. The molecule has 0 spiro atoms. The van der Waals surface area contributed by atoms with Crippen LogP contribution in [-0.4, -0.2) is 36.5 Å². The number of hydrogen-bond acceptors (Lipinski definition) is 5. The number of rotatable bonds is 8. The molecule has 1 aliphatic carbocycles. The molecule has 156 valence electrons. The zero-order chi connectivity index (χ0) is 20.8. The summed E-state index contributed by atoms with van der Waals surface area (Å²) >= 11 is 3.26. The molecule has 3 rings (SSSR count). The van der Waals surface area contributed by atoms with Crippen LogP contribution in [0.3, 0.4) is 0 Å². The Labute approximate surface area is 178 Å². The van der Waals surface area contributed by atoms with Gasteiger partial charge in [-0.15, -0.1) is 0 Å². The largest absolute Gasteiger partial charge is 0.493 e. The highest BCUT2D eigenvalue weighted by molar-refractivity contribution is 9.10. The first-order valence-corrected chi connectivity index (χ1v) is 10.4. The predicted molar refractivity (Wildman–Crippen MR) is 111 cm³/mol. The van der Waals surface area contributed by atoms with Crippen LogP contribution in [0, 0.1) is 0 Å². The van der Waals surface area contributed by atoms with Gasteiger partial charge in [-0.05, 0) is 58.6 Å². The normalized spacial score (nSPS) is 14.4. The third-order valence-corrected chi connectivity index (χ3v) is 5.44. The number of carbonyl (C=O) groups is 2. The van der Waals surface area contributed by atoms with Gasteiger partial charge in [0, 0.05) is 12.6 Å². The summed E-state index contributed by atoms with van der Waals surface area (Å²) in [5, 5.41) is 0. The molecular formula is C21H25BrN2O5. The van der Waals surface area contributed by atoms with E-state index in [1.165, 1.54) is 13.5 Å². The Kier molecular flexibility index (Phi) is 7.19. The summed E-state index contributed by atoms with van der Waals surface area (Å²) in [6.45, 7) is 0.198. The van der Waals surface area contributed by atoms with Gasteiger partial charge in [-0.1, -0.05) is 25.3 Å². The van der Waals surface area contributed by atoms with Crippen molar-refractivity contribution in [3.05, 3.63) is 46.3 Å². The Morgan fingerprint density at radius 3 is 2.55 bits per heavy atom. The number of nitrogens with zero attached hydrogens (tertiary/aromatic N) is 1. The molecule has 1 heterocycles. The van der Waals surface area contributed by atoms with Gasteiger partial charge in [0.1, 0.15) is 0 Å². The van der Waals surface area contributed by atoms with Gasteiger partial charge in [0.05, 0.1) is 7.11 Å². The first kappa shape index (κ1) is 21.2. The Bertz CT molecular complexity index is 861. The molecule has 2 amide bonds. The first-order valence-electron chi connectivity index (χ1n) is 9.62.